The van der Waals surface area contributed by atoms with Crippen LogP contribution >= 0.6 is 0 Å². The zero-order valence-corrected chi connectivity index (χ0v) is 14.6. The fourth-order valence-corrected chi connectivity index (χ4v) is 3.39. The molecule has 0 spiro atoms. The minimum absolute atomic E-state index is 0.625. The molecule has 1 aliphatic carbocycles. The molecule has 2 fully saturated rings. The van der Waals surface area contributed by atoms with Crippen molar-refractivity contribution in [2.24, 2.45) is 4.99 Å². The molecule has 0 aromatic heterocycles. The predicted octanol–water partition coefficient (Wildman–Crippen LogP) is 1.51. The molecule has 0 atom stereocenters. The number of hydrogen-bond donors (Lipinski definition) is 2. The molecule has 2 rings (SSSR count). The first kappa shape index (κ1) is 17.5. The van der Waals surface area contributed by atoms with E-state index in [0.29, 0.717) is 6.04 Å². The molecule has 1 aliphatic heterocycles. The van der Waals surface area contributed by atoms with Gasteiger partial charge in [-0.15, -0.1) is 0 Å². The fourth-order valence-electron chi connectivity index (χ4n) is 3.39. The molecule has 0 aromatic carbocycles. The summed E-state index contributed by atoms with van der Waals surface area (Å²) in [5, 5.41) is 7.02. The topological polar surface area (TPSA) is 42.9 Å². The molecular weight excluding hydrogens is 274 g/mol. The van der Waals surface area contributed by atoms with Crippen molar-refractivity contribution in [3.05, 3.63) is 0 Å². The molecule has 0 radical (unpaired) electrons. The average molecular weight is 310 g/mol. The van der Waals surface area contributed by atoms with E-state index in [9.17, 15) is 0 Å². The van der Waals surface area contributed by atoms with Crippen LogP contribution in [0.5, 0.6) is 0 Å². The Kier molecular flexibility index (Phi) is 8.02. The second kappa shape index (κ2) is 10.1. The van der Waals surface area contributed by atoms with Gasteiger partial charge < -0.3 is 15.5 Å². The lowest BCUT2D eigenvalue weighted by Crippen LogP contribution is -2.47. The van der Waals surface area contributed by atoms with Crippen molar-refractivity contribution < 1.29 is 0 Å². The third kappa shape index (κ3) is 6.13. The van der Waals surface area contributed by atoms with Crippen LogP contribution in [0.2, 0.25) is 0 Å². The van der Waals surface area contributed by atoms with Crippen LogP contribution in [0.25, 0.3) is 0 Å². The minimum atomic E-state index is 0.625. The SMILES string of the molecule is CCNC(=NCCN1CCN(CC)CC1)NC1CCCCC1. The predicted molar refractivity (Wildman–Crippen MR) is 94.5 cm³/mol. The zero-order valence-electron chi connectivity index (χ0n) is 14.6. The van der Waals surface area contributed by atoms with Crippen LogP contribution in [0.4, 0.5) is 0 Å². The summed E-state index contributed by atoms with van der Waals surface area (Å²) in [5.41, 5.74) is 0. The third-order valence-electron chi connectivity index (χ3n) is 4.89. The van der Waals surface area contributed by atoms with Crippen LogP contribution in [0, 0.1) is 0 Å². The molecule has 1 saturated heterocycles. The normalized spacial score (nSPS) is 22.7. The van der Waals surface area contributed by atoms with Crippen molar-refractivity contribution in [3.63, 3.8) is 0 Å². The van der Waals surface area contributed by atoms with E-state index >= 15 is 0 Å². The Bertz CT molecular complexity index is 317. The Morgan fingerprint density at radius 3 is 2.32 bits per heavy atom. The van der Waals surface area contributed by atoms with E-state index in [1.54, 1.807) is 0 Å². The summed E-state index contributed by atoms with van der Waals surface area (Å²) in [4.78, 5) is 9.84. The first-order chi connectivity index (χ1) is 10.8. The Morgan fingerprint density at radius 2 is 1.68 bits per heavy atom. The molecule has 0 amide bonds. The maximum atomic E-state index is 4.78. The Labute approximate surface area is 136 Å². The van der Waals surface area contributed by atoms with Crippen LogP contribution in [0.15, 0.2) is 4.99 Å². The lowest BCUT2D eigenvalue weighted by atomic mass is 9.96. The standard InChI is InChI=1S/C17H35N5/c1-3-18-17(20-16-8-6-5-7-9-16)19-10-11-22-14-12-21(4-2)13-15-22/h16H,3-15H2,1-2H3,(H2,18,19,20). The summed E-state index contributed by atoms with van der Waals surface area (Å²) >= 11 is 0. The largest absolute Gasteiger partial charge is 0.357 e. The second-order valence-corrected chi connectivity index (χ2v) is 6.52. The number of likely N-dealkylation sites (N-methyl/N-ethyl adjacent to an activating group) is 1. The molecule has 5 heteroatoms. The summed E-state index contributed by atoms with van der Waals surface area (Å²) in [6, 6.07) is 0.625. The van der Waals surface area contributed by atoms with Crippen LogP contribution in [-0.4, -0.2) is 74.2 Å². The molecule has 2 N–H and O–H groups in total. The number of piperazine rings is 1. The van der Waals surface area contributed by atoms with Crippen LogP contribution < -0.4 is 10.6 Å². The second-order valence-electron chi connectivity index (χ2n) is 6.52. The van der Waals surface area contributed by atoms with E-state index in [1.165, 1.54) is 64.8 Å². The number of nitrogens with zero attached hydrogens (tertiary/aromatic N) is 3. The van der Waals surface area contributed by atoms with E-state index in [2.05, 4.69) is 34.3 Å². The quantitative estimate of drug-likeness (QED) is 0.577. The van der Waals surface area contributed by atoms with Gasteiger partial charge in [-0.25, -0.2) is 0 Å². The summed E-state index contributed by atoms with van der Waals surface area (Å²) in [5.74, 6) is 1.02. The first-order valence-corrected chi connectivity index (χ1v) is 9.31. The Morgan fingerprint density at radius 1 is 1.00 bits per heavy atom. The van der Waals surface area contributed by atoms with Gasteiger partial charge in [0.15, 0.2) is 5.96 Å². The van der Waals surface area contributed by atoms with Gasteiger partial charge in [-0.05, 0) is 26.3 Å². The minimum Gasteiger partial charge on any atom is -0.357 e. The molecule has 2 aliphatic rings. The van der Waals surface area contributed by atoms with E-state index in [-0.39, 0.29) is 0 Å². The summed E-state index contributed by atoms with van der Waals surface area (Å²) < 4.78 is 0. The van der Waals surface area contributed by atoms with Gasteiger partial charge in [-0.1, -0.05) is 26.2 Å². The molecule has 128 valence electrons. The van der Waals surface area contributed by atoms with Crippen molar-refractivity contribution in [1.29, 1.82) is 0 Å². The van der Waals surface area contributed by atoms with Gasteiger partial charge in [0.05, 0.1) is 6.54 Å². The number of rotatable bonds is 6. The lowest BCUT2D eigenvalue weighted by Gasteiger charge is -2.33. The number of nitrogens with one attached hydrogen (secondary N) is 2. The van der Waals surface area contributed by atoms with Crippen LogP contribution in [0.3, 0.4) is 0 Å². The highest BCUT2D eigenvalue weighted by atomic mass is 15.3. The van der Waals surface area contributed by atoms with Crippen LogP contribution in [-0.2, 0) is 0 Å². The van der Waals surface area contributed by atoms with E-state index in [0.717, 1.165) is 25.6 Å². The van der Waals surface area contributed by atoms with Gasteiger partial charge in [-0.2, -0.15) is 0 Å². The average Bonchev–Trinajstić information content (AvgIpc) is 2.56. The molecule has 22 heavy (non-hydrogen) atoms. The van der Waals surface area contributed by atoms with E-state index in [1.807, 2.05) is 0 Å². The highest BCUT2D eigenvalue weighted by Gasteiger charge is 2.16. The summed E-state index contributed by atoms with van der Waals surface area (Å²) in [6.07, 6.45) is 6.71. The van der Waals surface area contributed by atoms with Crippen molar-refractivity contribution in [3.8, 4) is 0 Å². The molecule has 0 aromatic rings. The van der Waals surface area contributed by atoms with Crippen molar-refractivity contribution in [2.45, 2.75) is 52.0 Å². The fraction of sp³-hybridized carbons (Fsp3) is 0.941. The van der Waals surface area contributed by atoms with Gasteiger partial charge in [0.2, 0.25) is 0 Å². The lowest BCUT2D eigenvalue weighted by molar-refractivity contribution is 0.140. The molecular formula is C17H35N5. The van der Waals surface area contributed by atoms with Crippen molar-refractivity contribution in [2.75, 3.05) is 52.4 Å². The van der Waals surface area contributed by atoms with Crippen molar-refractivity contribution >= 4 is 5.96 Å². The molecule has 5 nitrogen and oxygen atoms in total. The monoisotopic (exact) mass is 309 g/mol. The Hall–Kier alpha value is -0.810. The van der Waals surface area contributed by atoms with Gasteiger partial charge in [-0.3, -0.25) is 9.89 Å². The number of aliphatic imine (C=N–C) groups is 1. The third-order valence-corrected chi connectivity index (χ3v) is 4.89. The van der Waals surface area contributed by atoms with Crippen molar-refractivity contribution in [1.82, 2.24) is 20.4 Å². The first-order valence-electron chi connectivity index (χ1n) is 9.31. The highest BCUT2D eigenvalue weighted by molar-refractivity contribution is 5.80. The van der Waals surface area contributed by atoms with Gasteiger partial charge in [0.25, 0.3) is 0 Å². The highest BCUT2D eigenvalue weighted by Crippen LogP contribution is 2.17. The van der Waals surface area contributed by atoms with Gasteiger partial charge in [0, 0.05) is 45.3 Å². The molecule has 1 heterocycles. The molecule has 1 saturated carbocycles. The summed E-state index contributed by atoms with van der Waals surface area (Å²) in [6.45, 7) is 13.3. The Balaban J connectivity index is 1.70. The smallest absolute Gasteiger partial charge is 0.191 e. The van der Waals surface area contributed by atoms with Gasteiger partial charge in [0.1, 0.15) is 0 Å². The number of hydrogen-bond acceptors (Lipinski definition) is 3. The molecule has 0 bridgehead atoms. The van der Waals surface area contributed by atoms with E-state index < -0.39 is 0 Å². The molecule has 0 unspecified atom stereocenters. The van der Waals surface area contributed by atoms with Gasteiger partial charge >= 0.3 is 0 Å². The zero-order chi connectivity index (χ0) is 15.6. The van der Waals surface area contributed by atoms with Crippen LogP contribution in [0.1, 0.15) is 46.0 Å². The maximum Gasteiger partial charge on any atom is 0.191 e. The van der Waals surface area contributed by atoms with E-state index in [4.69, 9.17) is 4.99 Å². The maximum absolute atomic E-state index is 4.78. The summed E-state index contributed by atoms with van der Waals surface area (Å²) in [7, 11) is 0. The number of guanidine groups is 1.